The highest BCUT2D eigenvalue weighted by molar-refractivity contribution is 5.92. The first-order valence-corrected chi connectivity index (χ1v) is 5.69. The van der Waals surface area contributed by atoms with Crippen molar-refractivity contribution in [2.45, 2.75) is 13.3 Å². The van der Waals surface area contributed by atoms with E-state index in [4.69, 9.17) is 10.2 Å². The molecular weight excluding hydrogens is 238 g/mol. The largest absolute Gasteiger partial charge is 0.433 e. The third-order valence-corrected chi connectivity index (χ3v) is 3.32. The molecule has 0 aromatic carbocycles. The Morgan fingerprint density at radius 1 is 1.67 bits per heavy atom. The lowest BCUT2D eigenvalue weighted by Gasteiger charge is -2.21. The fourth-order valence-corrected chi connectivity index (χ4v) is 2.06. The van der Waals surface area contributed by atoms with Gasteiger partial charge in [-0.05, 0) is 24.4 Å². The summed E-state index contributed by atoms with van der Waals surface area (Å²) in [6.45, 7) is 3.68. The zero-order valence-electron chi connectivity index (χ0n) is 10.1. The number of carbonyl (C=O) groups is 1. The van der Waals surface area contributed by atoms with Crippen molar-refractivity contribution < 1.29 is 14.1 Å². The van der Waals surface area contributed by atoms with Crippen LogP contribution in [0.3, 0.4) is 0 Å². The molecule has 0 saturated carbocycles. The van der Waals surface area contributed by atoms with Gasteiger partial charge in [-0.25, -0.2) is 0 Å². The zero-order chi connectivity index (χ0) is 13.3. The van der Waals surface area contributed by atoms with E-state index < -0.39 is 10.8 Å². The van der Waals surface area contributed by atoms with Gasteiger partial charge in [-0.1, -0.05) is 6.92 Å². The minimum atomic E-state index is -0.662. The zero-order valence-corrected chi connectivity index (χ0v) is 10.1. The molecule has 1 aliphatic rings. The summed E-state index contributed by atoms with van der Waals surface area (Å²) in [6, 6.07) is 2.52. The van der Waals surface area contributed by atoms with E-state index in [-0.39, 0.29) is 17.1 Å². The molecule has 2 heterocycles. The highest BCUT2D eigenvalue weighted by atomic mass is 16.6. The molecule has 1 fully saturated rings. The molecule has 18 heavy (non-hydrogen) atoms. The quantitative estimate of drug-likeness (QED) is 0.639. The van der Waals surface area contributed by atoms with Crippen molar-refractivity contribution in [3.63, 3.8) is 0 Å². The topological polar surface area (TPSA) is 103 Å². The first-order valence-electron chi connectivity index (χ1n) is 5.69. The molecule has 1 aromatic heterocycles. The van der Waals surface area contributed by atoms with Gasteiger partial charge in [0.25, 0.3) is 5.91 Å². The molecule has 0 spiro atoms. The fourth-order valence-electron chi connectivity index (χ4n) is 2.06. The van der Waals surface area contributed by atoms with Crippen molar-refractivity contribution in [2.24, 2.45) is 11.1 Å². The van der Waals surface area contributed by atoms with E-state index in [0.717, 1.165) is 6.42 Å². The number of hydrogen-bond acceptors (Lipinski definition) is 5. The van der Waals surface area contributed by atoms with Gasteiger partial charge in [-0.15, -0.1) is 0 Å². The SMILES string of the molecule is CC1(CN)CCN(C(=O)c2ccc([N+](=O)[O-])o2)C1. The molecule has 2 N–H and O–H groups in total. The maximum atomic E-state index is 12.1. The third-order valence-electron chi connectivity index (χ3n) is 3.32. The van der Waals surface area contributed by atoms with Crippen molar-refractivity contribution in [3.05, 3.63) is 28.0 Å². The van der Waals surface area contributed by atoms with E-state index in [0.29, 0.717) is 19.6 Å². The summed E-state index contributed by atoms with van der Waals surface area (Å²) in [4.78, 5) is 23.5. The predicted molar refractivity (Wildman–Crippen MR) is 63.0 cm³/mol. The number of nitrogens with two attached hydrogens (primary N) is 1. The third kappa shape index (κ3) is 2.21. The number of hydrogen-bond donors (Lipinski definition) is 1. The van der Waals surface area contributed by atoms with Gasteiger partial charge in [0, 0.05) is 13.1 Å². The molecule has 1 aromatic rings. The molecule has 98 valence electrons. The predicted octanol–water partition coefficient (Wildman–Crippen LogP) is 0.999. The Bertz CT molecular complexity index is 484. The van der Waals surface area contributed by atoms with Gasteiger partial charge in [0.1, 0.15) is 4.92 Å². The Morgan fingerprint density at radius 3 is 2.89 bits per heavy atom. The minimum absolute atomic E-state index is 0.00275. The normalized spacial score (nSPS) is 23.3. The summed E-state index contributed by atoms with van der Waals surface area (Å²) in [6.07, 6.45) is 0.831. The number of amides is 1. The fraction of sp³-hybridized carbons (Fsp3) is 0.545. The summed E-state index contributed by atoms with van der Waals surface area (Å²) in [5.41, 5.74) is 5.59. The molecule has 0 aliphatic carbocycles. The molecule has 1 amide bonds. The van der Waals surface area contributed by atoms with Gasteiger partial charge in [-0.3, -0.25) is 14.9 Å². The minimum Gasteiger partial charge on any atom is -0.395 e. The second-order valence-electron chi connectivity index (χ2n) is 4.89. The van der Waals surface area contributed by atoms with Gasteiger partial charge >= 0.3 is 5.88 Å². The van der Waals surface area contributed by atoms with Crippen LogP contribution in [0.1, 0.15) is 23.9 Å². The Balaban J connectivity index is 2.10. The second kappa shape index (κ2) is 4.41. The number of carbonyl (C=O) groups excluding carboxylic acids is 1. The van der Waals surface area contributed by atoms with Gasteiger partial charge in [0.05, 0.1) is 6.07 Å². The number of nitro groups is 1. The van der Waals surface area contributed by atoms with Gasteiger partial charge in [0.15, 0.2) is 5.76 Å². The smallest absolute Gasteiger partial charge is 0.395 e. The van der Waals surface area contributed by atoms with Crippen molar-refractivity contribution in [2.75, 3.05) is 19.6 Å². The van der Waals surface area contributed by atoms with Gasteiger partial charge in [0.2, 0.25) is 0 Å². The van der Waals surface area contributed by atoms with Gasteiger partial charge < -0.3 is 15.1 Å². The summed E-state index contributed by atoms with van der Waals surface area (Å²) in [5.74, 6) is -0.734. The monoisotopic (exact) mass is 253 g/mol. The van der Waals surface area contributed by atoms with Crippen molar-refractivity contribution in [1.82, 2.24) is 4.90 Å². The summed E-state index contributed by atoms with van der Waals surface area (Å²) >= 11 is 0. The van der Waals surface area contributed by atoms with E-state index in [9.17, 15) is 14.9 Å². The lowest BCUT2D eigenvalue weighted by atomic mass is 9.90. The number of rotatable bonds is 3. The molecule has 0 bridgehead atoms. The van der Waals surface area contributed by atoms with Crippen LogP contribution in [0, 0.1) is 15.5 Å². The van der Waals surface area contributed by atoms with Crippen LogP contribution in [-0.4, -0.2) is 35.4 Å². The molecule has 1 saturated heterocycles. The first-order chi connectivity index (χ1) is 8.45. The first kappa shape index (κ1) is 12.6. The molecule has 0 radical (unpaired) electrons. The second-order valence-corrected chi connectivity index (χ2v) is 4.89. The van der Waals surface area contributed by atoms with E-state index in [1.54, 1.807) is 4.90 Å². The van der Waals surface area contributed by atoms with Crippen molar-refractivity contribution in [3.8, 4) is 0 Å². The standard InChI is InChI=1S/C11H15N3O4/c1-11(6-12)4-5-13(7-11)10(15)8-2-3-9(18-8)14(16)17/h2-3H,4-7,12H2,1H3. The molecule has 7 heteroatoms. The van der Waals surface area contributed by atoms with E-state index in [1.165, 1.54) is 12.1 Å². The number of nitrogens with zero attached hydrogens (tertiary/aromatic N) is 2. The molecule has 7 nitrogen and oxygen atoms in total. The lowest BCUT2D eigenvalue weighted by molar-refractivity contribution is -0.402. The Labute approximate surface area is 104 Å². The van der Waals surface area contributed by atoms with Gasteiger partial charge in [-0.2, -0.15) is 0 Å². The molecule has 1 unspecified atom stereocenters. The maximum Gasteiger partial charge on any atom is 0.433 e. The van der Waals surface area contributed by atoms with Crippen LogP contribution in [-0.2, 0) is 0 Å². The van der Waals surface area contributed by atoms with Crippen LogP contribution in [0.4, 0.5) is 5.88 Å². The molecule has 1 aliphatic heterocycles. The highest BCUT2D eigenvalue weighted by Crippen LogP contribution is 2.30. The van der Waals surface area contributed by atoms with E-state index in [2.05, 4.69) is 0 Å². The van der Waals surface area contributed by atoms with E-state index >= 15 is 0 Å². The van der Waals surface area contributed by atoms with Crippen LogP contribution in [0.25, 0.3) is 0 Å². The Morgan fingerprint density at radius 2 is 2.39 bits per heavy atom. The van der Waals surface area contributed by atoms with Crippen LogP contribution in [0.5, 0.6) is 0 Å². The Kier molecular flexibility index (Phi) is 3.08. The number of furan rings is 1. The summed E-state index contributed by atoms with van der Waals surface area (Å²) in [7, 11) is 0. The molecule has 2 rings (SSSR count). The van der Waals surface area contributed by atoms with Crippen LogP contribution >= 0.6 is 0 Å². The lowest BCUT2D eigenvalue weighted by Crippen LogP contribution is -2.34. The van der Waals surface area contributed by atoms with Crippen LogP contribution in [0.2, 0.25) is 0 Å². The summed E-state index contributed by atoms with van der Waals surface area (Å²) < 4.78 is 4.90. The average Bonchev–Trinajstić information content (AvgIpc) is 2.95. The summed E-state index contributed by atoms with van der Waals surface area (Å²) in [5, 5.41) is 10.5. The van der Waals surface area contributed by atoms with Crippen LogP contribution in [0.15, 0.2) is 16.5 Å². The molecular formula is C11H15N3O4. The highest BCUT2D eigenvalue weighted by Gasteiger charge is 2.36. The van der Waals surface area contributed by atoms with Crippen LogP contribution < -0.4 is 5.73 Å². The number of likely N-dealkylation sites (tertiary alicyclic amines) is 1. The Hall–Kier alpha value is -1.89. The molecule has 1 atom stereocenters. The van der Waals surface area contributed by atoms with Crippen molar-refractivity contribution >= 4 is 11.8 Å². The average molecular weight is 253 g/mol. The maximum absolute atomic E-state index is 12.1. The van der Waals surface area contributed by atoms with Crippen molar-refractivity contribution in [1.29, 1.82) is 0 Å². The van der Waals surface area contributed by atoms with E-state index in [1.807, 2.05) is 6.92 Å².